The van der Waals surface area contributed by atoms with Crippen molar-refractivity contribution < 1.29 is 19.1 Å². The van der Waals surface area contributed by atoms with E-state index in [1.807, 2.05) is 0 Å². The summed E-state index contributed by atoms with van der Waals surface area (Å²) in [5.41, 5.74) is 5.23. The molecule has 1 rings (SSSR count). The van der Waals surface area contributed by atoms with E-state index < -0.39 is 23.7 Å². The Kier molecular flexibility index (Phi) is 4.56. The Labute approximate surface area is 107 Å². The van der Waals surface area contributed by atoms with Gasteiger partial charge in [0, 0.05) is 12.6 Å². The van der Waals surface area contributed by atoms with Crippen LogP contribution in [0.4, 0.5) is 4.79 Å². The fraction of sp³-hybridized carbons (Fsp3) is 0.833. The zero-order valence-corrected chi connectivity index (χ0v) is 11.4. The molecule has 1 aliphatic rings. The van der Waals surface area contributed by atoms with Crippen molar-refractivity contribution >= 4 is 12.1 Å². The first kappa shape index (κ1) is 14.8. The summed E-state index contributed by atoms with van der Waals surface area (Å²) in [7, 11) is 1.30. The zero-order chi connectivity index (χ0) is 13.9. The van der Waals surface area contributed by atoms with Crippen LogP contribution in [0.3, 0.4) is 0 Å². The van der Waals surface area contributed by atoms with Crippen molar-refractivity contribution in [2.24, 2.45) is 5.73 Å². The average molecular weight is 258 g/mol. The molecule has 0 bridgehead atoms. The van der Waals surface area contributed by atoms with Crippen LogP contribution in [0.25, 0.3) is 0 Å². The van der Waals surface area contributed by atoms with Crippen LogP contribution < -0.4 is 5.73 Å². The average Bonchev–Trinajstić information content (AvgIpc) is 2.25. The van der Waals surface area contributed by atoms with Gasteiger partial charge in [-0.3, -0.25) is 4.90 Å². The van der Waals surface area contributed by atoms with Crippen LogP contribution in [0.5, 0.6) is 0 Å². The molecule has 2 atom stereocenters. The lowest BCUT2D eigenvalue weighted by atomic mass is 9.98. The minimum absolute atomic E-state index is 0.0900. The van der Waals surface area contributed by atoms with Crippen LogP contribution in [0.15, 0.2) is 0 Å². The van der Waals surface area contributed by atoms with E-state index in [9.17, 15) is 9.59 Å². The second-order valence-electron chi connectivity index (χ2n) is 5.50. The highest BCUT2D eigenvalue weighted by molar-refractivity contribution is 5.81. The second-order valence-corrected chi connectivity index (χ2v) is 5.50. The molecule has 0 saturated carbocycles. The fourth-order valence-corrected chi connectivity index (χ4v) is 1.89. The highest BCUT2D eigenvalue weighted by Crippen LogP contribution is 2.20. The summed E-state index contributed by atoms with van der Waals surface area (Å²) in [4.78, 5) is 25.1. The number of esters is 1. The minimum Gasteiger partial charge on any atom is -0.467 e. The van der Waals surface area contributed by atoms with Crippen molar-refractivity contribution in [3.05, 3.63) is 0 Å². The first-order valence-corrected chi connectivity index (χ1v) is 6.07. The molecular weight excluding hydrogens is 236 g/mol. The molecule has 6 nitrogen and oxygen atoms in total. The Morgan fingerprint density at radius 2 is 1.94 bits per heavy atom. The first-order chi connectivity index (χ1) is 8.24. The maximum absolute atomic E-state index is 12.0. The zero-order valence-electron chi connectivity index (χ0n) is 11.4. The van der Waals surface area contributed by atoms with E-state index in [0.717, 1.165) is 0 Å². The summed E-state index contributed by atoms with van der Waals surface area (Å²) in [6.07, 6.45) is 0.573. The van der Waals surface area contributed by atoms with Gasteiger partial charge in [0.1, 0.15) is 11.6 Å². The van der Waals surface area contributed by atoms with Crippen LogP contribution in [0.2, 0.25) is 0 Å². The van der Waals surface area contributed by atoms with E-state index in [-0.39, 0.29) is 6.04 Å². The van der Waals surface area contributed by atoms with Gasteiger partial charge in [-0.05, 0) is 33.6 Å². The van der Waals surface area contributed by atoms with Crippen molar-refractivity contribution in [2.45, 2.75) is 51.3 Å². The fourth-order valence-electron chi connectivity index (χ4n) is 1.89. The molecule has 0 spiro atoms. The largest absolute Gasteiger partial charge is 0.467 e. The third-order valence-electron chi connectivity index (χ3n) is 2.74. The Balaban J connectivity index is 2.77. The monoisotopic (exact) mass is 258 g/mol. The highest BCUT2D eigenvalue weighted by Gasteiger charge is 2.37. The maximum atomic E-state index is 12.0. The number of methoxy groups -OCH3 is 1. The van der Waals surface area contributed by atoms with Crippen molar-refractivity contribution in [1.29, 1.82) is 0 Å². The van der Waals surface area contributed by atoms with Gasteiger partial charge in [0.05, 0.1) is 7.11 Å². The molecule has 1 saturated heterocycles. The Bertz CT molecular complexity index is 325. The number of hydrogen-bond donors (Lipinski definition) is 1. The minimum atomic E-state index is -0.645. The van der Waals surface area contributed by atoms with Crippen LogP contribution in [0, 0.1) is 0 Å². The van der Waals surface area contributed by atoms with E-state index in [2.05, 4.69) is 0 Å². The van der Waals surface area contributed by atoms with Crippen molar-refractivity contribution in [2.75, 3.05) is 13.7 Å². The van der Waals surface area contributed by atoms with Gasteiger partial charge in [-0.1, -0.05) is 0 Å². The Hall–Kier alpha value is -1.30. The number of carbonyl (C=O) groups is 2. The normalized spacial score (nSPS) is 24.6. The summed E-state index contributed by atoms with van der Waals surface area (Å²) >= 11 is 0. The second kappa shape index (κ2) is 5.56. The molecule has 0 aromatic rings. The first-order valence-electron chi connectivity index (χ1n) is 6.07. The van der Waals surface area contributed by atoms with E-state index in [0.29, 0.717) is 19.4 Å². The van der Waals surface area contributed by atoms with Crippen LogP contribution in [0.1, 0.15) is 33.6 Å². The SMILES string of the molecule is COC(=O)[C@H]1CC(N)CCN1C(=O)OC(C)(C)C. The lowest BCUT2D eigenvalue weighted by Gasteiger charge is -2.37. The lowest BCUT2D eigenvalue weighted by Crippen LogP contribution is -2.54. The van der Waals surface area contributed by atoms with Gasteiger partial charge in [-0.15, -0.1) is 0 Å². The number of amides is 1. The van der Waals surface area contributed by atoms with E-state index in [1.54, 1.807) is 20.8 Å². The number of hydrogen-bond acceptors (Lipinski definition) is 5. The quantitative estimate of drug-likeness (QED) is 0.706. The molecule has 0 aromatic heterocycles. The number of ether oxygens (including phenoxy) is 2. The Morgan fingerprint density at radius 1 is 1.33 bits per heavy atom. The molecule has 1 unspecified atom stereocenters. The molecule has 1 aliphatic heterocycles. The number of carbonyl (C=O) groups excluding carboxylic acids is 2. The van der Waals surface area contributed by atoms with E-state index in [4.69, 9.17) is 15.2 Å². The number of nitrogens with two attached hydrogens (primary N) is 1. The lowest BCUT2D eigenvalue weighted by molar-refractivity contribution is -0.148. The van der Waals surface area contributed by atoms with Gasteiger partial charge in [0.15, 0.2) is 0 Å². The molecule has 0 aromatic carbocycles. The van der Waals surface area contributed by atoms with Crippen LogP contribution >= 0.6 is 0 Å². The van der Waals surface area contributed by atoms with Crippen molar-refractivity contribution in [3.63, 3.8) is 0 Å². The molecule has 1 amide bonds. The smallest absolute Gasteiger partial charge is 0.411 e. The summed E-state index contributed by atoms with van der Waals surface area (Å²) in [6, 6.07) is -0.735. The Morgan fingerprint density at radius 3 is 2.44 bits per heavy atom. The molecular formula is C12H22N2O4. The van der Waals surface area contributed by atoms with Gasteiger partial charge in [-0.2, -0.15) is 0 Å². The van der Waals surface area contributed by atoms with E-state index in [1.165, 1.54) is 12.0 Å². The molecule has 104 valence electrons. The summed E-state index contributed by atoms with van der Waals surface area (Å²) in [5.74, 6) is -0.448. The predicted octanol–water partition coefficient (Wildman–Crippen LogP) is 0.886. The van der Waals surface area contributed by atoms with Gasteiger partial charge < -0.3 is 15.2 Å². The van der Waals surface area contributed by atoms with Crippen LogP contribution in [-0.2, 0) is 14.3 Å². The third-order valence-corrected chi connectivity index (χ3v) is 2.74. The molecule has 18 heavy (non-hydrogen) atoms. The molecule has 6 heteroatoms. The summed E-state index contributed by atoms with van der Waals surface area (Å²) < 4.78 is 9.98. The van der Waals surface area contributed by atoms with Crippen molar-refractivity contribution in [3.8, 4) is 0 Å². The molecule has 0 aliphatic carbocycles. The predicted molar refractivity (Wildman–Crippen MR) is 66.0 cm³/mol. The topological polar surface area (TPSA) is 81.9 Å². The standard InChI is InChI=1S/C12H22N2O4/c1-12(2,3)18-11(16)14-6-5-8(13)7-9(14)10(15)17-4/h8-9H,5-7,13H2,1-4H3/t8?,9-/m1/s1. The number of piperidine rings is 1. The maximum Gasteiger partial charge on any atom is 0.411 e. The van der Waals surface area contributed by atoms with E-state index >= 15 is 0 Å². The molecule has 2 N–H and O–H groups in total. The van der Waals surface area contributed by atoms with Gasteiger partial charge in [-0.25, -0.2) is 9.59 Å². The van der Waals surface area contributed by atoms with Gasteiger partial charge in [0.25, 0.3) is 0 Å². The summed E-state index contributed by atoms with van der Waals surface area (Å²) in [5, 5.41) is 0. The number of likely N-dealkylation sites (tertiary alicyclic amines) is 1. The highest BCUT2D eigenvalue weighted by atomic mass is 16.6. The number of nitrogens with zero attached hydrogens (tertiary/aromatic N) is 1. The van der Waals surface area contributed by atoms with Gasteiger partial charge in [0.2, 0.25) is 0 Å². The molecule has 1 heterocycles. The number of rotatable bonds is 1. The molecule has 0 radical (unpaired) electrons. The van der Waals surface area contributed by atoms with Crippen molar-refractivity contribution in [1.82, 2.24) is 4.90 Å². The third kappa shape index (κ3) is 3.87. The molecule has 1 fully saturated rings. The summed E-state index contributed by atoms with van der Waals surface area (Å²) in [6.45, 7) is 5.77. The van der Waals surface area contributed by atoms with Crippen LogP contribution in [-0.4, -0.2) is 48.3 Å². The van der Waals surface area contributed by atoms with Gasteiger partial charge >= 0.3 is 12.1 Å².